The third kappa shape index (κ3) is 2.64. The molecule has 0 spiro atoms. The van der Waals surface area contributed by atoms with Gasteiger partial charge < -0.3 is 9.84 Å². The van der Waals surface area contributed by atoms with Crippen molar-refractivity contribution in [2.45, 2.75) is 0 Å². The fourth-order valence-electron chi connectivity index (χ4n) is 1.93. The topological polar surface area (TPSA) is 72.3 Å². The van der Waals surface area contributed by atoms with Gasteiger partial charge in [0, 0.05) is 10.4 Å². The van der Waals surface area contributed by atoms with Gasteiger partial charge in [0.25, 0.3) is 5.88 Å². The minimum Gasteiger partial charge on any atom is -0.477 e. The molecule has 21 heavy (non-hydrogen) atoms. The van der Waals surface area contributed by atoms with Gasteiger partial charge in [0.1, 0.15) is 11.3 Å². The van der Waals surface area contributed by atoms with Crippen LogP contribution in [0.4, 0.5) is 0 Å². The van der Waals surface area contributed by atoms with Crippen molar-refractivity contribution in [1.82, 2.24) is 10.2 Å². The van der Waals surface area contributed by atoms with Crippen molar-refractivity contribution < 1.29 is 14.6 Å². The number of hydrogen-bond acceptors (Lipinski definition) is 4. The molecule has 0 aliphatic carbocycles. The molecule has 5 nitrogen and oxygen atoms in total. The van der Waals surface area contributed by atoms with Crippen molar-refractivity contribution in [2.75, 3.05) is 0 Å². The predicted molar refractivity (Wildman–Crippen MR) is 78.0 cm³/mol. The third-order valence-corrected chi connectivity index (χ3v) is 3.13. The summed E-state index contributed by atoms with van der Waals surface area (Å²) in [4.78, 5) is 11.5. The molecule has 0 aliphatic rings. The molecule has 1 heterocycles. The van der Waals surface area contributed by atoms with Crippen LogP contribution in [0.1, 0.15) is 10.4 Å². The predicted octanol–water partition coefficient (Wildman–Crippen LogP) is 3.77. The Morgan fingerprint density at radius 1 is 1.05 bits per heavy atom. The van der Waals surface area contributed by atoms with E-state index < -0.39 is 5.97 Å². The first-order valence-corrected chi connectivity index (χ1v) is 6.45. The number of ether oxygens (including phenoxy) is 1. The SMILES string of the molecule is O=C(O)c1c(Oc2ccc(Cl)cc2)nnc2ccccc12. The number of fused-ring (bicyclic) bond motifs is 1. The van der Waals surface area contributed by atoms with E-state index in [4.69, 9.17) is 16.3 Å². The lowest BCUT2D eigenvalue weighted by molar-refractivity contribution is 0.0695. The van der Waals surface area contributed by atoms with E-state index in [9.17, 15) is 9.90 Å². The standard InChI is InChI=1S/C15H9ClN2O3/c16-9-5-7-10(8-6-9)21-14-13(15(19)20)11-3-1-2-4-12(11)17-18-14/h1-8H,(H,19,20). The van der Waals surface area contributed by atoms with Crippen LogP contribution in [0.15, 0.2) is 48.5 Å². The van der Waals surface area contributed by atoms with Crippen molar-refractivity contribution >= 4 is 28.5 Å². The summed E-state index contributed by atoms with van der Waals surface area (Å²) < 4.78 is 5.52. The van der Waals surface area contributed by atoms with Crippen LogP contribution in [0.25, 0.3) is 10.9 Å². The molecule has 0 saturated heterocycles. The monoisotopic (exact) mass is 300 g/mol. The fraction of sp³-hybridized carbons (Fsp3) is 0. The largest absolute Gasteiger partial charge is 0.477 e. The van der Waals surface area contributed by atoms with Gasteiger partial charge in [0.2, 0.25) is 0 Å². The molecule has 0 amide bonds. The summed E-state index contributed by atoms with van der Waals surface area (Å²) in [5.74, 6) is -0.736. The minimum atomic E-state index is -1.12. The second kappa shape index (κ2) is 5.38. The average Bonchev–Trinajstić information content (AvgIpc) is 2.49. The zero-order chi connectivity index (χ0) is 14.8. The summed E-state index contributed by atoms with van der Waals surface area (Å²) in [6.07, 6.45) is 0. The second-order valence-electron chi connectivity index (χ2n) is 4.26. The second-order valence-corrected chi connectivity index (χ2v) is 4.69. The molecule has 0 fully saturated rings. The zero-order valence-electron chi connectivity index (χ0n) is 10.7. The highest BCUT2D eigenvalue weighted by atomic mass is 35.5. The molecular formula is C15H9ClN2O3. The van der Waals surface area contributed by atoms with Gasteiger partial charge in [-0.1, -0.05) is 29.8 Å². The van der Waals surface area contributed by atoms with E-state index in [1.165, 1.54) is 0 Å². The molecule has 0 saturated carbocycles. The molecule has 2 aromatic carbocycles. The van der Waals surface area contributed by atoms with E-state index in [-0.39, 0.29) is 11.4 Å². The number of aromatic nitrogens is 2. The number of carbonyl (C=O) groups is 1. The minimum absolute atomic E-state index is 0.0180. The van der Waals surface area contributed by atoms with Gasteiger partial charge in [-0.15, -0.1) is 10.2 Å². The van der Waals surface area contributed by atoms with E-state index in [1.54, 1.807) is 48.5 Å². The highest BCUT2D eigenvalue weighted by Crippen LogP contribution is 2.28. The summed E-state index contributed by atoms with van der Waals surface area (Å²) in [6.45, 7) is 0. The number of rotatable bonds is 3. The third-order valence-electron chi connectivity index (χ3n) is 2.88. The highest BCUT2D eigenvalue weighted by Gasteiger charge is 2.18. The zero-order valence-corrected chi connectivity index (χ0v) is 11.4. The summed E-state index contributed by atoms with van der Waals surface area (Å²) >= 11 is 5.80. The molecule has 104 valence electrons. The van der Waals surface area contributed by atoms with Crippen LogP contribution in [0.3, 0.4) is 0 Å². The summed E-state index contributed by atoms with van der Waals surface area (Å²) in [5.41, 5.74) is 0.480. The summed E-state index contributed by atoms with van der Waals surface area (Å²) in [7, 11) is 0. The van der Waals surface area contributed by atoms with E-state index in [2.05, 4.69) is 10.2 Å². The van der Waals surface area contributed by atoms with Gasteiger partial charge in [-0.05, 0) is 30.3 Å². The Kier molecular flexibility index (Phi) is 3.41. The summed E-state index contributed by atoms with van der Waals surface area (Å²) in [6, 6.07) is 13.4. The quantitative estimate of drug-likeness (QED) is 0.797. The molecule has 0 atom stereocenters. The maximum atomic E-state index is 11.5. The highest BCUT2D eigenvalue weighted by molar-refractivity contribution is 6.30. The Morgan fingerprint density at radius 3 is 2.48 bits per heavy atom. The van der Waals surface area contributed by atoms with Crippen molar-refractivity contribution in [3.05, 3.63) is 59.1 Å². The van der Waals surface area contributed by atoms with Crippen LogP contribution in [0.2, 0.25) is 5.02 Å². The summed E-state index contributed by atoms with van der Waals surface area (Å²) in [5, 5.41) is 18.3. The molecular weight excluding hydrogens is 292 g/mol. The molecule has 0 bridgehead atoms. The Hall–Kier alpha value is -2.66. The number of hydrogen-bond donors (Lipinski definition) is 1. The van der Waals surface area contributed by atoms with Crippen molar-refractivity contribution in [1.29, 1.82) is 0 Å². The maximum absolute atomic E-state index is 11.5. The van der Waals surface area contributed by atoms with E-state index in [0.717, 1.165) is 0 Å². The Balaban J connectivity index is 2.11. The van der Waals surface area contributed by atoms with Gasteiger partial charge in [-0.2, -0.15) is 0 Å². The van der Waals surface area contributed by atoms with E-state index in [1.807, 2.05) is 0 Å². The van der Waals surface area contributed by atoms with Gasteiger partial charge in [0.15, 0.2) is 0 Å². The van der Waals surface area contributed by atoms with Crippen LogP contribution < -0.4 is 4.74 Å². The van der Waals surface area contributed by atoms with Crippen molar-refractivity contribution in [3.8, 4) is 11.6 Å². The smallest absolute Gasteiger partial charge is 0.342 e. The number of halogens is 1. The van der Waals surface area contributed by atoms with Crippen molar-refractivity contribution in [3.63, 3.8) is 0 Å². The molecule has 1 aromatic heterocycles. The lowest BCUT2D eigenvalue weighted by atomic mass is 10.1. The Labute approximate surface area is 124 Å². The first-order valence-electron chi connectivity index (χ1n) is 6.07. The molecule has 0 radical (unpaired) electrons. The molecule has 0 aliphatic heterocycles. The fourth-order valence-corrected chi connectivity index (χ4v) is 2.06. The van der Waals surface area contributed by atoms with Crippen LogP contribution in [0, 0.1) is 0 Å². The van der Waals surface area contributed by atoms with E-state index >= 15 is 0 Å². The number of nitrogens with zero attached hydrogens (tertiary/aromatic N) is 2. The van der Waals surface area contributed by atoms with Crippen LogP contribution in [-0.2, 0) is 0 Å². The van der Waals surface area contributed by atoms with Gasteiger partial charge in [-0.25, -0.2) is 4.79 Å². The lowest BCUT2D eigenvalue weighted by Crippen LogP contribution is -2.05. The normalized spacial score (nSPS) is 10.5. The molecule has 3 aromatic rings. The van der Waals surface area contributed by atoms with Crippen LogP contribution in [-0.4, -0.2) is 21.3 Å². The van der Waals surface area contributed by atoms with Crippen LogP contribution in [0.5, 0.6) is 11.6 Å². The lowest BCUT2D eigenvalue weighted by Gasteiger charge is -2.09. The van der Waals surface area contributed by atoms with E-state index in [0.29, 0.717) is 21.7 Å². The maximum Gasteiger partial charge on any atom is 0.342 e. The number of benzene rings is 2. The Bertz CT molecular complexity index is 819. The Morgan fingerprint density at radius 2 is 1.76 bits per heavy atom. The van der Waals surface area contributed by atoms with Crippen LogP contribution >= 0.6 is 11.6 Å². The molecule has 6 heteroatoms. The molecule has 3 rings (SSSR count). The van der Waals surface area contributed by atoms with Gasteiger partial charge >= 0.3 is 5.97 Å². The van der Waals surface area contributed by atoms with Gasteiger partial charge in [-0.3, -0.25) is 0 Å². The number of carboxylic acid groups (broad SMARTS) is 1. The van der Waals surface area contributed by atoms with Gasteiger partial charge in [0.05, 0.1) is 5.52 Å². The average molecular weight is 301 g/mol. The molecule has 0 unspecified atom stereocenters. The molecule has 1 N–H and O–H groups in total. The first-order chi connectivity index (χ1) is 10.1. The number of carboxylic acids is 1. The van der Waals surface area contributed by atoms with Crippen molar-refractivity contribution in [2.24, 2.45) is 0 Å². The first kappa shape index (κ1) is 13.3. The number of aromatic carboxylic acids is 1.